The summed E-state index contributed by atoms with van der Waals surface area (Å²) < 4.78 is 10.2. The molecule has 0 aromatic heterocycles. The molecule has 0 radical (unpaired) electrons. The summed E-state index contributed by atoms with van der Waals surface area (Å²) in [5.74, 6) is 0.256. The van der Waals surface area contributed by atoms with Gasteiger partial charge in [0.1, 0.15) is 18.5 Å². The van der Waals surface area contributed by atoms with Crippen LogP contribution in [0.2, 0.25) is 0 Å². The van der Waals surface area contributed by atoms with E-state index in [0.29, 0.717) is 17.9 Å². The highest BCUT2D eigenvalue weighted by molar-refractivity contribution is 5.89. The van der Waals surface area contributed by atoms with Crippen molar-refractivity contribution in [2.75, 3.05) is 53.5 Å². The van der Waals surface area contributed by atoms with Crippen LogP contribution in [0, 0.1) is 0 Å². The Balaban J connectivity index is 1.74. The first kappa shape index (κ1) is 16.7. The zero-order valence-corrected chi connectivity index (χ0v) is 13.2. The molecule has 1 aliphatic heterocycles. The Kier molecular flexibility index (Phi) is 6.18. The largest absolute Gasteiger partial charge is 0.491 e. The van der Waals surface area contributed by atoms with E-state index in [1.54, 1.807) is 24.3 Å². The molecule has 1 saturated heterocycles. The minimum atomic E-state index is -0.524. The molecule has 1 N–H and O–H groups in total. The van der Waals surface area contributed by atoms with Crippen LogP contribution in [-0.4, -0.2) is 80.5 Å². The van der Waals surface area contributed by atoms with E-state index in [4.69, 9.17) is 4.74 Å². The lowest BCUT2D eigenvalue weighted by molar-refractivity contribution is 0.0504. The summed E-state index contributed by atoms with van der Waals surface area (Å²) in [4.78, 5) is 15.8. The van der Waals surface area contributed by atoms with Crippen LogP contribution in [0.5, 0.6) is 5.75 Å². The number of hydrogen-bond acceptors (Lipinski definition) is 6. The van der Waals surface area contributed by atoms with Crippen molar-refractivity contribution in [3.05, 3.63) is 29.8 Å². The van der Waals surface area contributed by atoms with Gasteiger partial charge in [-0.25, -0.2) is 4.79 Å². The lowest BCUT2D eigenvalue weighted by atomic mass is 10.2. The van der Waals surface area contributed by atoms with Crippen LogP contribution in [0.15, 0.2) is 24.3 Å². The summed E-state index contributed by atoms with van der Waals surface area (Å²) in [6.07, 6.45) is -0.524. The molecule has 1 atom stereocenters. The highest BCUT2D eigenvalue weighted by Gasteiger charge is 2.17. The van der Waals surface area contributed by atoms with Gasteiger partial charge in [0.05, 0.1) is 12.7 Å². The number of benzene rings is 1. The third-order valence-electron chi connectivity index (χ3n) is 3.78. The molecular weight excluding hydrogens is 284 g/mol. The van der Waals surface area contributed by atoms with E-state index in [1.165, 1.54) is 7.11 Å². The van der Waals surface area contributed by atoms with Gasteiger partial charge < -0.3 is 19.5 Å². The second-order valence-corrected chi connectivity index (χ2v) is 5.58. The predicted octanol–water partition coefficient (Wildman–Crippen LogP) is 0.460. The monoisotopic (exact) mass is 308 g/mol. The van der Waals surface area contributed by atoms with Crippen LogP contribution >= 0.6 is 0 Å². The van der Waals surface area contributed by atoms with E-state index in [0.717, 1.165) is 26.2 Å². The maximum absolute atomic E-state index is 11.3. The van der Waals surface area contributed by atoms with E-state index in [1.807, 2.05) is 0 Å². The van der Waals surface area contributed by atoms with Crippen molar-refractivity contribution in [2.45, 2.75) is 6.10 Å². The number of hydrogen-bond donors (Lipinski definition) is 1. The lowest BCUT2D eigenvalue weighted by Crippen LogP contribution is -2.47. The van der Waals surface area contributed by atoms with Crippen LogP contribution in [0.25, 0.3) is 0 Å². The zero-order valence-electron chi connectivity index (χ0n) is 13.2. The topological polar surface area (TPSA) is 62.2 Å². The summed E-state index contributed by atoms with van der Waals surface area (Å²) in [6, 6.07) is 6.70. The second-order valence-electron chi connectivity index (χ2n) is 5.58. The molecule has 1 unspecified atom stereocenters. The van der Waals surface area contributed by atoms with E-state index >= 15 is 0 Å². The Morgan fingerprint density at radius 3 is 2.45 bits per heavy atom. The summed E-state index contributed by atoms with van der Waals surface area (Å²) >= 11 is 0. The number of aliphatic hydroxyl groups is 1. The Bertz CT molecular complexity index is 470. The van der Waals surface area contributed by atoms with Crippen LogP contribution < -0.4 is 4.74 Å². The minimum absolute atomic E-state index is 0.240. The van der Waals surface area contributed by atoms with Crippen LogP contribution in [-0.2, 0) is 4.74 Å². The fourth-order valence-corrected chi connectivity index (χ4v) is 2.38. The number of piperazine rings is 1. The van der Waals surface area contributed by atoms with Crippen LogP contribution in [0.3, 0.4) is 0 Å². The minimum Gasteiger partial charge on any atom is -0.491 e. The van der Waals surface area contributed by atoms with Crippen molar-refractivity contribution in [2.24, 2.45) is 0 Å². The lowest BCUT2D eigenvalue weighted by Gasteiger charge is -2.33. The molecular formula is C16H24N2O4. The average Bonchev–Trinajstić information content (AvgIpc) is 2.55. The van der Waals surface area contributed by atoms with Crippen molar-refractivity contribution in [3.63, 3.8) is 0 Å². The van der Waals surface area contributed by atoms with Gasteiger partial charge in [-0.15, -0.1) is 0 Å². The molecule has 0 spiro atoms. The van der Waals surface area contributed by atoms with Gasteiger partial charge in [0.25, 0.3) is 0 Å². The highest BCUT2D eigenvalue weighted by Crippen LogP contribution is 2.13. The van der Waals surface area contributed by atoms with Gasteiger partial charge in [-0.05, 0) is 31.3 Å². The second kappa shape index (κ2) is 8.12. The van der Waals surface area contributed by atoms with Crippen LogP contribution in [0.1, 0.15) is 10.4 Å². The number of aliphatic hydroxyl groups excluding tert-OH is 1. The summed E-state index contributed by atoms with van der Waals surface area (Å²) in [5.41, 5.74) is 0.479. The van der Waals surface area contributed by atoms with Gasteiger partial charge in [0, 0.05) is 32.7 Å². The molecule has 122 valence electrons. The Morgan fingerprint density at radius 1 is 1.23 bits per heavy atom. The van der Waals surface area contributed by atoms with Gasteiger partial charge in [-0.2, -0.15) is 0 Å². The molecule has 2 rings (SSSR count). The molecule has 0 amide bonds. The first-order valence-electron chi connectivity index (χ1n) is 7.48. The van der Waals surface area contributed by atoms with Gasteiger partial charge in [-0.3, -0.25) is 4.90 Å². The number of β-amino-alcohol motifs (C(OH)–C–C–N with tert-alkyl or cyclic N) is 1. The summed E-state index contributed by atoms with van der Waals surface area (Å²) in [5, 5.41) is 10.1. The molecule has 1 heterocycles. The van der Waals surface area contributed by atoms with E-state index in [9.17, 15) is 9.90 Å². The third-order valence-corrected chi connectivity index (χ3v) is 3.78. The van der Waals surface area contributed by atoms with Crippen molar-refractivity contribution in [3.8, 4) is 5.75 Å². The quantitative estimate of drug-likeness (QED) is 0.771. The zero-order chi connectivity index (χ0) is 15.9. The average molecular weight is 308 g/mol. The Morgan fingerprint density at radius 2 is 1.86 bits per heavy atom. The molecule has 1 aromatic carbocycles. The maximum atomic E-state index is 11.3. The molecule has 22 heavy (non-hydrogen) atoms. The van der Waals surface area contributed by atoms with Gasteiger partial charge in [0.2, 0.25) is 0 Å². The summed E-state index contributed by atoms with van der Waals surface area (Å²) in [7, 11) is 3.45. The smallest absolute Gasteiger partial charge is 0.337 e. The van der Waals surface area contributed by atoms with Crippen molar-refractivity contribution >= 4 is 5.97 Å². The van der Waals surface area contributed by atoms with Crippen molar-refractivity contribution in [1.29, 1.82) is 0 Å². The Hall–Kier alpha value is -1.63. The van der Waals surface area contributed by atoms with E-state index in [-0.39, 0.29) is 12.6 Å². The predicted molar refractivity (Wildman–Crippen MR) is 83.2 cm³/mol. The number of esters is 1. The molecule has 6 nitrogen and oxygen atoms in total. The standard InChI is InChI=1S/C16H24N2O4/c1-17-7-9-18(10-8-17)11-14(19)12-22-15-5-3-13(4-6-15)16(20)21-2/h3-6,14,19H,7-12H2,1-2H3. The fourth-order valence-electron chi connectivity index (χ4n) is 2.38. The molecule has 1 aromatic rings. The number of ether oxygens (including phenoxy) is 2. The van der Waals surface area contributed by atoms with Crippen molar-refractivity contribution < 1.29 is 19.4 Å². The Labute approximate surface area is 131 Å². The van der Waals surface area contributed by atoms with Crippen molar-refractivity contribution in [1.82, 2.24) is 9.80 Å². The van der Waals surface area contributed by atoms with E-state index < -0.39 is 6.10 Å². The van der Waals surface area contributed by atoms with Gasteiger partial charge in [0.15, 0.2) is 0 Å². The molecule has 0 aliphatic carbocycles. The normalized spacial score (nSPS) is 18.0. The summed E-state index contributed by atoms with van der Waals surface area (Å²) in [6.45, 7) is 4.87. The van der Waals surface area contributed by atoms with Gasteiger partial charge in [-0.1, -0.05) is 0 Å². The number of methoxy groups -OCH3 is 1. The SMILES string of the molecule is COC(=O)c1ccc(OCC(O)CN2CCN(C)CC2)cc1. The van der Waals surface area contributed by atoms with E-state index in [2.05, 4.69) is 21.6 Å². The number of likely N-dealkylation sites (N-methyl/N-ethyl adjacent to an activating group) is 1. The third kappa shape index (κ3) is 4.98. The molecule has 0 bridgehead atoms. The molecule has 1 fully saturated rings. The number of rotatable bonds is 6. The first-order chi connectivity index (χ1) is 10.6. The number of carbonyl (C=O) groups is 1. The fraction of sp³-hybridized carbons (Fsp3) is 0.562. The number of carbonyl (C=O) groups excluding carboxylic acids is 1. The highest BCUT2D eigenvalue weighted by atomic mass is 16.5. The molecule has 1 aliphatic rings. The molecule has 0 saturated carbocycles. The number of nitrogens with zero attached hydrogens (tertiary/aromatic N) is 2. The van der Waals surface area contributed by atoms with Gasteiger partial charge >= 0.3 is 5.97 Å². The first-order valence-corrected chi connectivity index (χ1v) is 7.48. The molecule has 6 heteroatoms. The maximum Gasteiger partial charge on any atom is 0.337 e. The van der Waals surface area contributed by atoms with Crippen LogP contribution in [0.4, 0.5) is 0 Å².